The fourth-order valence-corrected chi connectivity index (χ4v) is 2.28. The average molecular weight is 275 g/mol. The molecule has 1 atom stereocenters. The monoisotopic (exact) mass is 275 g/mol. The molecule has 5 heteroatoms. The molecular weight excluding hydrogens is 253 g/mol. The number of benzene rings is 1. The van der Waals surface area contributed by atoms with Crippen LogP contribution in [0.4, 0.5) is 4.79 Å². The van der Waals surface area contributed by atoms with E-state index >= 15 is 0 Å². The van der Waals surface area contributed by atoms with E-state index in [1.54, 1.807) is 0 Å². The van der Waals surface area contributed by atoms with Crippen molar-refractivity contribution in [3.63, 3.8) is 0 Å². The van der Waals surface area contributed by atoms with Crippen molar-refractivity contribution in [2.75, 3.05) is 6.61 Å². The summed E-state index contributed by atoms with van der Waals surface area (Å²) in [5.74, 6) is 0.864. The van der Waals surface area contributed by atoms with E-state index in [0.717, 1.165) is 29.6 Å². The van der Waals surface area contributed by atoms with Gasteiger partial charge in [0.15, 0.2) is 0 Å². The molecular formula is C15H22BNO3. The van der Waals surface area contributed by atoms with Crippen LogP contribution < -0.4 is 15.5 Å². The van der Waals surface area contributed by atoms with E-state index in [1.165, 1.54) is 0 Å². The first-order valence-corrected chi connectivity index (χ1v) is 7.08. The largest absolute Gasteiger partial charge is 0.493 e. The quantitative estimate of drug-likeness (QED) is 0.793. The van der Waals surface area contributed by atoms with Crippen molar-refractivity contribution in [3.05, 3.63) is 23.8 Å². The lowest BCUT2D eigenvalue weighted by Crippen LogP contribution is -2.35. The number of carbonyl (C=O) groups excluding carboxylic acids is 1. The predicted octanol–water partition coefficient (Wildman–Crippen LogP) is 1.68. The Morgan fingerprint density at radius 2 is 2.20 bits per heavy atom. The lowest BCUT2D eigenvalue weighted by molar-refractivity contribution is 0.0501. The fraction of sp³-hybridized carbons (Fsp3) is 0.533. The van der Waals surface area contributed by atoms with Crippen LogP contribution >= 0.6 is 0 Å². The van der Waals surface area contributed by atoms with Gasteiger partial charge in [-0.25, -0.2) is 4.79 Å². The molecule has 1 amide bonds. The standard InChI is InChI=1S/C15H22BNO3/c1-15(2,3)20-14(18)17-12-5-4-8-19-13-9-10(16)6-7-11(12)13/h6-7,9,12H,4-5,8,16H2,1-3H3,(H,17,18). The van der Waals surface area contributed by atoms with Gasteiger partial charge in [-0.15, -0.1) is 0 Å². The highest BCUT2D eigenvalue weighted by Crippen LogP contribution is 2.30. The van der Waals surface area contributed by atoms with Crippen LogP contribution in [0.2, 0.25) is 0 Å². The van der Waals surface area contributed by atoms with Crippen LogP contribution in [0.5, 0.6) is 5.75 Å². The number of amides is 1. The van der Waals surface area contributed by atoms with Gasteiger partial charge in [0.1, 0.15) is 19.2 Å². The Morgan fingerprint density at radius 1 is 1.45 bits per heavy atom. The molecule has 0 aliphatic carbocycles. The molecule has 1 aromatic carbocycles. The van der Waals surface area contributed by atoms with Gasteiger partial charge >= 0.3 is 6.09 Å². The number of hydrogen-bond donors (Lipinski definition) is 1. The Kier molecular flexibility index (Phi) is 4.26. The van der Waals surface area contributed by atoms with Gasteiger partial charge in [0.05, 0.1) is 12.6 Å². The highest BCUT2D eigenvalue weighted by atomic mass is 16.6. The summed E-state index contributed by atoms with van der Waals surface area (Å²) in [6.45, 7) is 6.27. The summed E-state index contributed by atoms with van der Waals surface area (Å²) in [4.78, 5) is 11.9. The van der Waals surface area contributed by atoms with Crippen molar-refractivity contribution in [3.8, 4) is 5.75 Å². The number of ether oxygens (including phenoxy) is 2. The van der Waals surface area contributed by atoms with Crippen LogP contribution in [0, 0.1) is 0 Å². The maximum absolute atomic E-state index is 11.9. The maximum Gasteiger partial charge on any atom is 0.408 e. The first kappa shape index (κ1) is 14.8. The normalized spacial score (nSPS) is 18.4. The van der Waals surface area contributed by atoms with Gasteiger partial charge in [-0.2, -0.15) is 0 Å². The van der Waals surface area contributed by atoms with Crippen molar-refractivity contribution < 1.29 is 14.3 Å². The number of alkyl carbamates (subject to hydrolysis) is 1. The lowest BCUT2D eigenvalue weighted by Gasteiger charge is -2.23. The minimum Gasteiger partial charge on any atom is -0.493 e. The minimum atomic E-state index is -0.485. The number of rotatable bonds is 1. The molecule has 0 spiro atoms. The molecule has 1 unspecified atom stereocenters. The van der Waals surface area contributed by atoms with Crippen molar-refractivity contribution >= 4 is 19.4 Å². The molecule has 0 bridgehead atoms. The second-order valence-corrected chi connectivity index (χ2v) is 6.23. The van der Waals surface area contributed by atoms with Crippen LogP contribution in [0.25, 0.3) is 0 Å². The summed E-state index contributed by atoms with van der Waals surface area (Å²) in [6, 6.07) is 6.03. The third-order valence-electron chi connectivity index (χ3n) is 3.13. The first-order valence-electron chi connectivity index (χ1n) is 7.08. The topological polar surface area (TPSA) is 47.6 Å². The fourth-order valence-electron chi connectivity index (χ4n) is 2.28. The third-order valence-corrected chi connectivity index (χ3v) is 3.13. The lowest BCUT2D eigenvalue weighted by atomic mass is 9.92. The van der Waals surface area contributed by atoms with Gasteiger partial charge in [0.25, 0.3) is 0 Å². The molecule has 0 radical (unpaired) electrons. The van der Waals surface area contributed by atoms with Crippen LogP contribution in [-0.4, -0.2) is 26.1 Å². The Hall–Kier alpha value is -1.65. The maximum atomic E-state index is 11.9. The summed E-state index contributed by atoms with van der Waals surface area (Å²) >= 11 is 0. The van der Waals surface area contributed by atoms with Gasteiger partial charge in [-0.05, 0) is 39.7 Å². The highest BCUT2D eigenvalue weighted by Gasteiger charge is 2.24. The molecule has 1 heterocycles. The predicted molar refractivity (Wildman–Crippen MR) is 81.5 cm³/mol. The van der Waals surface area contributed by atoms with Gasteiger partial charge in [0.2, 0.25) is 0 Å². The third kappa shape index (κ3) is 3.92. The summed E-state index contributed by atoms with van der Waals surface area (Å²) < 4.78 is 11.1. The number of carbonyl (C=O) groups is 1. The zero-order chi connectivity index (χ0) is 14.8. The molecule has 1 aromatic rings. The summed E-state index contributed by atoms with van der Waals surface area (Å²) in [5, 5.41) is 2.95. The molecule has 0 saturated carbocycles. The Bertz CT molecular complexity index is 496. The first-order chi connectivity index (χ1) is 9.35. The van der Waals surface area contributed by atoms with Crippen LogP contribution in [0.3, 0.4) is 0 Å². The number of fused-ring (bicyclic) bond motifs is 1. The highest BCUT2D eigenvalue weighted by molar-refractivity contribution is 6.32. The smallest absolute Gasteiger partial charge is 0.408 e. The molecule has 108 valence electrons. The second-order valence-electron chi connectivity index (χ2n) is 6.23. The van der Waals surface area contributed by atoms with E-state index in [2.05, 4.69) is 5.32 Å². The zero-order valence-corrected chi connectivity index (χ0v) is 12.7. The van der Waals surface area contributed by atoms with Crippen molar-refractivity contribution in [2.45, 2.75) is 45.3 Å². The second kappa shape index (κ2) is 5.77. The van der Waals surface area contributed by atoms with E-state index in [9.17, 15) is 4.79 Å². The summed E-state index contributed by atoms with van der Waals surface area (Å²) in [7, 11) is 2.03. The van der Waals surface area contributed by atoms with E-state index in [0.29, 0.717) is 6.61 Å². The zero-order valence-electron chi connectivity index (χ0n) is 12.7. The van der Waals surface area contributed by atoms with Gasteiger partial charge < -0.3 is 14.8 Å². The van der Waals surface area contributed by atoms with E-state index in [4.69, 9.17) is 9.47 Å². The van der Waals surface area contributed by atoms with Gasteiger partial charge in [-0.1, -0.05) is 17.6 Å². The summed E-state index contributed by atoms with van der Waals surface area (Å²) in [6.07, 6.45) is 1.39. The van der Waals surface area contributed by atoms with Crippen molar-refractivity contribution in [2.24, 2.45) is 0 Å². The SMILES string of the molecule is Bc1ccc2c(c1)OCCCC2NC(=O)OC(C)(C)C. The Balaban J connectivity index is 2.14. The van der Waals surface area contributed by atoms with Crippen LogP contribution in [0.15, 0.2) is 18.2 Å². The van der Waals surface area contributed by atoms with Crippen molar-refractivity contribution in [1.29, 1.82) is 0 Å². The van der Waals surface area contributed by atoms with Crippen LogP contribution in [-0.2, 0) is 4.74 Å². The number of hydrogen-bond acceptors (Lipinski definition) is 3. The minimum absolute atomic E-state index is 0.0528. The molecule has 0 aromatic heterocycles. The molecule has 0 saturated heterocycles. The van der Waals surface area contributed by atoms with Gasteiger partial charge in [-0.3, -0.25) is 0 Å². The van der Waals surface area contributed by atoms with Crippen LogP contribution in [0.1, 0.15) is 45.2 Å². The molecule has 4 nitrogen and oxygen atoms in total. The van der Waals surface area contributed by atoms with Gasteiger partial charge in [0, 0.05) is 5.56 Å². The molecule has 1 aliphatic heterocycles. The van der Waals surface area contributed by atoms with E-state index in [-0.39, 0.29) is 12.1 Å². The molecule has 2 rings (SSSR count). The van der Waals surface area contributed by atoms with E-state index < -0.39 is 5.60 Å². The summed E-state index contributed by atoms with van der Waals surface area (Å²) in [5.41, 5.74) is 1.70. The molecule has 0 fully saturated rings. The average Bonchev–Trinajstić information content (AvgIpc) is 2.49. The Morgan fingerprint density at radius 3 is 2.90 bits per heavy atom. The molecule has 1 N–H and O–H groups in total. The van der Waals surface area contributed by atoms with E-state index in [1.807, 2.05) is 46.8 Å². The molecule has 20 heavy (non-hydrogen) atoms. The molecule has 1 aliphatic rings. The van der Waals surface area contributed by atoms with Crippen molar-refractivity contribution in [1.82, 2.24) is 5.32 Å². The Labute approximate surface area is 121 Å². The number of nitrogens with one attached hydrogen (secondary N) is 1.